The number of nitrogens with zero attached hydrogens (tertiary/aromatic N) is 1. The molecule has 0 aliphatic carbocycles. The predicted octanol–water partition coefficient (Wildman–Crippen LogP) is 5.11. The molecule has 138 valence electrons. The van der Waals surface area contributed by atoms with Crippen molar-refractivity contribution < 1.29 is 0 Å². The summed E-state index contributed by atoms with van der Waals surface area (Å²) in [5, 5.41) is 3.77. The largest absolute Gasteiger partial charge is 0.310 e. The van der Waals surface area contributed by atoms with Gasteiger partial charge in [0.15, 0.2) is 0 Å². The van der Waals surface area contributed by atoms with Crippen LogP contribution < -0.4 is 5.32 Å². The molecule has 1 aliphatic heterocycles. The van der Waals surface area contributed by atoms with Gasteiger partial charge in [0.05, 0.1) is 0 Å². The fourth-order valence-electron chi connectivity index (χ4n) is 3.89. The number of piperidine rings is 1. The van der Waals surface area contributed by atoms with E-state index in [4.69, 9.17) is 0 Å². The fraction of sp³-hybridized carbons (Fsp3) is 0.280. The third-order valence-corrected chi connectivity index (χ3v) is 5.47. The Labute approximate surface area is 162 Å². The molecule has 2 heteroatoms. The summed E-state index contributed by atoms with van der Waals surface area (Å²) in [6.07, 6.45) is 2.45. The van der Waals surface area contributed by atoms with Gasteiger partial charge in [0.25, 0.3) is 0 Å². The summed E-state index contributed by atoms with van der Waals surface area (Å²) in [5.41, 5.74) is 5.37. The topological polar surface area (TPSA) is 15.3 Å². The first-order valence-electron chi connectivity index (χ1n) is 10.0. The molecule has 27 heavy (non-hydrogen) atoms. The zero-order chi connectivity index (χ0) is 18.3. The van der Waals surface area contributed by atoms with Gasteiger partial charge < -0.3 is 5.32 Å². The zero-order valence-electron chi connectivity index (χ0n) is 15.9. The van der Waals surface area contributed by atoms with Gasteiger partial charge >= 0.3 is 0 Å². The van der Waals surface area contributed by atoms with Crippen molar-refractivity contribution >= 4 is 0 Å². The van der Waals surface area contributed by atoms with Crippen molar-refractivity contribution in [3.05, 3.63) is 96.1 Å². The first-order valence-corrected chi connectivity index (χ1v) is 10.0. The Hall–Kier alpha value is -2.42. The van der Waals surface area contributed by atoms with Crippen LogP contribution in [0.15, 0.2) is 84.9 Å². The summed E-state index contributed by atoms with van der Waals surface area (Å²) < 4.78 is 0. The molecule has 3 aromatic rings. The van der Waals surface area contributed by atoms with Gasteiger partial charge in [0, 0.05) is 19.1 Å². The summed E-state index contributed by atoms with van der Waals surface area (Å²) in [5.74, 6) is 0. The summed E-state index contributed by atoms with van der Waals surface area (Å²) in [6, 6.07) is 31.0. The molecule has 1 fully saturated rings. The molecule has 0 aromatic heterocycles. The first kappa shape index (κ1) is 18.0. The number of hydrogen-bond acceptors (Lipinski definition) is 2. The Morgan fingerprint density at radius 1 is 0.704 bits per heavy atom. The fourth-order valence-corrected chi connectivity index (χ4v) is 3.89. The van der Waals surface area contributed by atoms with Crippen LogP contribution >= 0.6 is 0 Å². The maximum absolute atomic E-state index is 3.77. The summed E-state index contributed by atoms with van der Waals surface area (Å²) in [4.78, 5) is 2.57. The average Bonchev–Trinajstić information content (AvgIpc) is 2.75. The Morgan fingerprint density at radius 2 is 1.33 bits per heavy atom. The molecule has 1 aliphatic rings. The SMILES string of the molecule is c1ccc(CN2CCC(NCc3cccc(-c4ccccc4)c3)CC2)cc1. The highest BCUT2D eigenvalue weighted by Gasteiger charge is 2.18. The van der Waals surface area contributed by atoms with Crippen molar-refractivity contribution in [3.63, 3.8) is 0 Å². The highest BCUT2D eigenvalue weighted by Crippen LogP contribution is 2.20. The molecule has 0 amide bonds. The molecule has 4 rings (SSSR count). The van der Waals surface area contributed by atoms with Gasteiger partial charge in [-0.05, 0) is 54.3 Å². The van der Waals surface area contributed by atoms with Gasteiger partial charge in [-0.15, -0.1) is 0 Å². The lowest BCUT2D eigenvalue weighted by atomic mass is 10.0. The third-order valence-electron chi connectivity index (χ3n) is 5.47. The van der Waals surface area contributed by atoms with E-state index in [1.807, 2.05) is 0 Å². The summed E-state index contributed by atoms with van der Waals surface area (Å²) in [7, 11) is 0. The molecule has 0 radical (unpaired) electrons. The minimum atomic E-state index is 0.623. The van der Waals surface area contributed by atoms with E-state index in [-0.39, 0.29) is 0 Å². The van der Waals surface area contributed by atoms with E-state index in [9.17, 15) is 0 Å². The van der Waals surface area contributed by atoms with E-state index in [1.165, 1.54) is 48.2 Å². The Bertz CT molecular complexity index is 821. The quantitative estimate of drug-likeness (QED) is 0.660. The van der Waals surface area contributed by atoms with E-state index in [2.05, 4.69) is 95.1 Å². The minimum Gasteiger partial charge on any atom is -0.310 e. The standard InChI is InChI=1S/C25H28N2/c1-3-8-21(9-4-1)20-27-16-14-25(15-17-27)26-19-22-10-7-13-24(18-22)23-11-5-2-6-12-23/h1-13,18,25-26H,14-17,19-20H2. The van der Waals surface area contributed by atoms with E-state index < -0.39 is 0 Å². The molecule has 0 saturated carbocycles. The molecule has 0 unspecified atom stereocenters. The highest BCUT2D eigenvalue weighted by molar-refractivity contribution is 5.63. The van der Waals surface area contributed by atoms with Crippen molar-refractivity contribution in [2.45, 2.75) is 32.0 Å². The highest BCUT2D eigenvalue weighted by atomic mass is 15.1. The molecule has 1 N–H and O–H groups in total. The van der Waals surface area contributed by atoms with Crippen LogP contribution in [-0.2, 0) is 13.1 Å². The Kier molecular flexibility index (Phi) is 5.98. The number of rotatable bonds is 6. The molecule has 1 heterocycles. The van der Waals surface area contributed by atoms with Crippen LogP contribution in [0.25, 0.3) is 11.1 Å². The van der Waals surface area contributed by atoms with Crippen LogP contribution in [0.4, 0.5) is 0 Å². The molecule has 2 nitrogen and oxygen atoms in total. The molecule has 0 atom stereocenters. The molecule has 0 spiro atoms. The van der Waals surface area contributed by atoms with Crippen LogP contribution in [-0.4, -0.2) is 24.0 Å². The van der Waals surface area contributed by atoms with Crippen molar-refractivity contribution in [2.24, 2.45) is 0 Å². The van der Waals surface area contributed by atoms with Gasteiger partial charge in [-0.3, -0.25) is 4.90 Å². The zero-order valence-corrected chi connectivity index (χ0v) is 15.9. The van der Waals surface area contributed by atoms with E-state index in [0.717, 1.165) is 13.1 Å². The van der Waals surface area contributed by atoms with Crippen LogP contribution in [0.1, 0.15) is 24.0 Å². The molecular formula is C25H28N2. The van der Waals surface area contributed by atoms with E-state index >= 15 is 0 Å². The molecular weight excluding hydrogens is 328 g/mol. The Morgan fingerprint density at radius 3 is 2.07 bits per heavy atom. The summed E-state index contributed by atoms with van der Waals surface area (Å²) in [6.45, 7) is 4.38. The maximum Gasteiger partial charge on any atom is 0.0233 e. The maximum atomic E-state index is 3.77. The first-order chi connectivity index (χ1) is 13.4. The van der Waals surface area contributed by atoms with Crippen LogP contribution in [0, 0.1) is 0 Å². The second kappa shape index (κ2) is 8.98. The lowest BCUT2D eigenvalue weighted by molar-refractivity contribution is 0.190. The van der Waals surface area contributed by atoms with Crippen molar-refractivity contribution in [1.82, 2.24) is 10.2 Å². The van der Waals surface area contributed by atoms with Gasteiger partial charge in [-0.2, -0.15) is 0 Å². The number of likely N-dealkylation sites (tertiary alicyclic amines) is 1. The predicted molar refractivity (Wildman–Crippen MR) is 113 cm³/mol. The minimum absolute atomic E-state index is 0.623. The third kappa shape index (κ3) is 5.06. The van der Waals surface area contributed by atoms with Gasteiger partial charge in [-0.25, -0.2) is 0 Å². The Balaban J connectivity index is 1.27. The van der Waals surface area contributed by atoms with Gasteiger partial charge in [-0.1, -0.05) is 78.9 Å². The monoisotopic (exact) mass is 356 g/mol. The van der Waals surface area contributed by atoms with E-state index in [1.54, 1.807) is 0 Å². The van der Waals surface area contributed by atoms with Crippen molar-refractivity contribution in [2.75, 3.05) is 13.1 Å². The number of benzene rings is 3. The smallest absolute Gasteiger partial charge is 0.0233 e. The second-order valence-corrected chi connectivity index (χ2v) is 7.48. The number of nitrogens with one attached hydrogen (secondary N) is 1. The van der Waals surface area contributed by atoms with Gasteiger partial charge in [0.1, 0.15) is 0 Å². The normalized spacial score (nSPS) is 15.7. The average molecular weight is 357 g/mol. The van der Waals surface area contributed by atoms with Crippen molar-refractivity contribution in [1.29, 1.82) is 0 Å². The molecule has 0 bridgehead atoms. The molecule has 3 aromatic carbocycles. The lowest BCUT2D eigenvalue weighted by Gasteiger charge is -2.32. The summed E-state index contributed by atoms with van der Waals surface area (Å²) >= 11 is 0. The van der Waals surface area contributed by atoms with Crippen molar-refractivity contribution in [3.8, 4) is 11.1 Å². The molecule has 1 saturated heterocycles. The van der Waals surface area contributed by atoms with Crippen LogP contribution in [0.3, 0.4) is 0 Å². The van der Waals surface area contributed by atoms with E-state index in [0.29, 0.717) is 6.04 Å². The van der Waals surface area contributed by atoms with Gasteiger partial charge in [0.2, 0.25) is 0 Å². The van der Waals surface area contributed by atoms with Crippen LogP contribution in [0.5, 0.6) is 0 Å². The van der Waals surface area contributed by atoms with Crippen LogP contribution in [0.2, 0.25) is 0 Å². The lowest BCUT2D eigenvalue weighted by Crippen LogP contribution is -2.41. The number of hydrogen-bond donors (Lipinski definition) is 1. The second-order valence-electron chi connectivity index (χ2n) is 7.48.